The van der Waals surface area contributed by atoms with E-state index < -0.39 is 6.04 Å². The number of para-hydroxylation sites is 1. The Hall–Kier alpha value is -1.55. The van der Waals surface area contributed by atoms with E-state index in [1.807, 2.05) is 24.3 Å². The van der Waals surface area contributed by atoms with Crippen molar-refractivity contribution in [2.75, 3.05) is 7.11 Å². The molecule has 1 aromatic carbocycles. The van der Waals surface area contributed by atoms with Crippen LogP contribution in [0.1, 0.15) is 12.5 Å². The first-order valence-corrected chi connectivity index (χ1v) is 4.80. The number of rotatable bonds is 4. The van der Waals surface area contributed by atoms with Gasteiger partial charge in [0, 0.05) is 12.1 Å². The molecule has 0 heterocycles. The summed E-state index contributed by atoms with van der Waals surface area (Å²) >= 11 is 0. The third-order valence-electron chi connectivity index (χ3n) is 2.06. The van der Waals surface area contributed by atoms with Crippen LogP contribution in [0.2, 0.25) is 0 Å². The van der Waals surface area contributed by atoms with Gasteiger partial charge in [0.1, 0.15) is 5.75 Å². The summed E-state index contributed by atoms with van der Waals surface area (Å²) in [5.41, 5.74) is 6.37. The molecule has 0 aliphatic rings. The summed E-state index contributed by atoms with van der Waals surface area (Å²) in [6.07, 6.45) is 0. The summed E-state index contributed by atoms with van der Waals surface area (Å²) in [7, 11) is 1.60. The van der Waals surface area contributed by atoms with Crippen LogP contribution in [0.4, 0.5) is 0 Å². The molecule has 0 unspecified atom stereocenters. The molecule has 15 heavy (non-hydrogen) atoms. The van der Waals surface area contributed by atoms with Gasteiger partial charge in [0.2, 0.25) is 5.91 Å². The quantitative estimate of drug-likeness (QED) is 0.764. The lowest BCUT2D eigenvalue weighted by Crippen LogP contribution is -2.37. The Morgan fingerprint density at radius 1 is 1.53 bits per heavy atom. The molecule has 1 atom stereocenters. The Bertz CT molecular complexity index is 337. The van der Waals surface area contributed by atoms with Crippen molar-refractivity contribution in [3.63, 3.8) is 0 Å². The van der Waals surface area contributed by atoms with Crippen LogP contribution in [0.25, 0.3) is 0 Å². The average molecular weight is 208 g/mol. The van der Waals surface area contributed by atoms with Crippen LogP contribution in [0.5, 0.6) is 5.75 Å². The van der Waals surface area contributed by atoms with Crippen LogP contribution in [0.15, 0.2) is 24.3 Å². The van der Waals surface area contributed by atoms with Gasteiger partial charge in [0.15, 0.2) is 0 Å². The first kappa shape index (κ1) is 11.5. The normalized spacial score (nSPS) is 11.9. The Kier molecular flexibility index (Phi) is 4.12. The monoisotopic (exact) mass is 208 g/mol. The minimum atomic E-state index is -0.486. The van der Waals surface area contributed by atoms with Crippen LogP contribution in [-0.2, 0) is 11.3 Å². The first-order valence-electron chi connectivity index (χ1n) is 4.80. The van der Waals surface area contributed by atoms with Gasteiger partial charge in [-0.15, -0.1) is 0 Å². The van der Waals surface area contributed by atoms with E-state index in [1.165, 1.54) is 0 Å². The number of carbonyl (C=O) groups is 1. The van der Waals surface area contributed by atoms with Crippen LogP contribution >= 0.6 is 0 Å². The van der Waals surface area contributed by atoms with E-state index in [1.54, 1.807) is 14.0 Å². The summed E-state index contributed by atoms with van der Waals surface area (Å²) in [5.74, 6) is 0.600. The highest BCUT2D eigenvalue weighted by molar-refractivity contribution is 5.80. The fourth-order valence-electron chi connectivity index (χ4n) is 1.19. The fraction of sp³-hybridized carbons (Fsp3) is 0.364. The maximum Gasteiger partial charge on any atom is 0.236 e. The van der Waals surface area contributed by atoms with Crippen molar-refractivity contribution in [1.29, 1.82) is 0 Å². The van der Waals surface area contributed by atoms with Crippen LogP contribution in [-0.4, -0.2) is 19.1 Å². The highest BCUT2D eigenvalue weighted by Crippen LogP contribution is 2.16. The number of amides is 1. The molecule has 0 aliphatic heterocycles. The number of nitrogens with one attached hydrogen (secondary N) is 1. The number of ether oxygens (including phenoxy) is 1. The summed E-state index contributed by atoms with van der Waals surface area (Å²) < 4.78 is 5.16. The van der Waals surface area contributed by atoms with Crippen molar-refractivity contribution in [3.05, 3.63) is 29.8 Å². The van der Waals surface area contributed by atoms with Gasteiger partial charge in [0.05, 0.1) is 13.2 Å². The molecule has 0 aliphatic carbocycles. The lowest BCUT2D eigenvalue weighted by atomic mass is 10.2. The molecule has 82 valence electrons. The highest BCUT2D eigenvalue weighted by Gasteiger charge is 2.07. The van der Waals surface area contributed by atoms with Crippen molar-refractivity contribution >= 4 is 5.91 Å². The zero-order valence-corrected chi connectivity index (χ0v) is 8.99. The van der Waals surface area contributed by atoms with Crippen molar-refractivity contribution in [2.45, 2.75) is 19.5 Å². The Labute approximate surface area is 89.4 Å². The van der Waals surface area contributed by atoms with E-state index in [0.29, 0.717) is 6.54 Å². The first-order chi connectivity index (χ1) is 7.15. The molecular formula is C11H16N2O2. The minimum Gasteiger partial charge on any atom is -0.496 e. The zero-order chi connectivity index (χ0) is 11.3. The van der Waals surface area contributed by atoms with Crippen molar-refractivity contribution in [1.82, 2.24) is 5.32 Å². The lowest BCUT2D eigenvalue weighted by molar-refractivity contribution is -0.122. The smallest absolute Gasteiger partial charge is 0.236 e. The molecule has 1 amide bonds. The van der Waals surface area contributed by atoms with E-state index in [9.17, 15) is 4.79 Å². The van der Waals surface area contributed by atoms with Gasteiger partial charge < -0.3 is 15.8 Å². The molecule has 4 heteroatoms. The maximum absolute atomic E-state index is 11.2. The fourth-order valence-corrected chi connectivity index (χ4v) is 1.19. The molecule has 0 bridgehead atoms. The minimum absolute atomic E-state index is 0.166. The van der Waals surface area contributed by atoms with Gasteiger partial charge in [0.25, 0.3) is 0 Å². The van der Waals surface area contributed by atoms with E-state index in [4.69, 9.17) is 10.5 Å². The predicted octanol–water partition coefficient (Wildman–Crippen LogP) is 0.659. The molecule has 0 spiro atoms. The molecule has 4 nitrogen and oxygen atoms in total. The summed E-state index contributed by atoms with van der Waals surface area (Å²) in [5, 5.41) is 2.73. The van der Waals surface area contributed by atoms with E-state index in [-0.39, 0.29) is 5.91 Å². The number of nitrogens with two attached hydrogens (primary N) is 1. The van der Waals surface area contributed by atoms with Crippen LogP contribution in [0, 0.1) is 0 Å². The zero-order valence-electron chi connectivity index (χ0n) is 8.99. The molecule has 0 saturated heterocycles. The van der Waals surface area contributed by atoms with Crippen molar-refractivity contribution in [2.24, 2.45) is 5.73 Å². The van der Waals surface area contributed by atoms with Crippen LogP contribution < -0.4 is 15.8 Å². The van der Waals surface area contributed by atoms with Crippen molar-refractivity contribution < 1.29 is 9.53 Å². The summed E-state index contributed by atoms with van der Waals surface area (Å²) in [4.78, 5) is 11.2. The van der Waals surface area contributed by atoms with E-state index in [2.05, 4.69) is 5.32 Å². The van der Waals surface area contributed by atoms with Gasteiger partial charge >= 0.3 is 0 Å². The Balaban J connectivity index is 2.61. The SMILES string of the molecule is COc1ccccc1CNC(=O)[C@H](C)N. The number of carbonyl (C=O) groups excluding carboxylic acids is 1. The standard InChI is InChI=1S/C11H16N2O2/c1-8(12)11(14)13-7-9-5-3-4-6-10(9)15-2/h3-6,8H,7,12H2,1-2H3,(H,13,14)/t8-/m0/s1. The lowest BCUT2D eigenvalue weighted by Gasteiger charge is -2.10. The van der Waals surface area contributed by atoms with E-state index >= 15 is 0 Å². The number of hydrogen-bond acceptors (Lipinski definition) is 3. The van der Waals surface area contributed by atoms with Gasteiger partial charge in [-0.25, -0.2) is 0 Å². The van der Waals surface area contributed by atoms with Gasteiger partial charge in [-0.2, -0.15) is 0 Å². The van der Waals surface area contributed by atoms with Gasteiger partial charge in [-0.3, -0.25) is 4.79 Å². The molecule has 3 N–H and O–H groups in total. The second kappa shape index (κ2) is 5.36. The predicted molar refractivity (Wildman–Crippen MR) is 58.5 cm³/mol. The number of hydrogen-bond donors (Lipinski definition) is 2. The molecular weight excluding hydrogens is 192 g/mol. The van der Waals surface area contributed by atoms with E-state index in [0.717, 1.165) is 11.3 Å². The number of methoxy groups -OCH3 is 1. The molecule has 0 saturated carbocycles. The molecule has 0 aromatic heterocycles. The molecule has 0 radical (unpaired) electrons. The second-order valence-electron chi connectivity index (χ2n) is 3.32. The Morgan fingerprint density at radius 2 is 2.20 bits per heavy atom. The number of benzene rings is 1. The van der Waals surface area contributed by atoms with Gasteiger partial charge in [-0.05, 0) is 13.0 Å². The molecule has 1 rings (SSSR count). The molecule has 1 aromatic rings. The Morgan fingerprint density at radius 3 is 2.80 bits per heavy atom. The van der Waals surface area contributed by atoms with Gasteiger partial charge in [-0.1, -0.05) is 18.2 Å². The summed E-state index contributed by atoms with van der Waals surface area (Å²) in [6.45, 7) is 2.09. The second-order valence-corrected chi connectivity index (χ2v) is 3.32. The van der Waals surface area contributed by atoms with Crippen LogP contribution in [0.3, 0.4) is 0 Å². The average Bonchev–Trinajstić information content (AvgIpc) is 2.26. The largest absolute Gasteiger partial charge is 0.496 e. The highest BCUT2D eigenvalue weighted by atomic mass is 16.5. The summed E-state index contributed by atoms with van der Waals surface area (Å²) in [6, 6.07) is 7.05. The maximum atomic E-state index is 11.2. The van der Waals surface area contributed by atoms with Crippen molar-refractivity contribution in [3.8, 4) is 5.75 Å². The third kappa shape index (κ3) is 3.25. The topological polar surface area (TPSA) is 64.3 Å². The third-order valence-corrected chi connectivity index (χ3v) is 2.06. The molecule has 0 fully saturated rings.